The molecule has 0 bridgehead atoms. The molecule has 0 heterocycles. The molecule has 2 rings (SSSR count). The molecular formula is C20H18F6O3. The van der Waals surface area contributed by atoms with Gasteiger partial charge in [-0.15, -0.1) is 0 Å². The van der Waals surface area contributed by atoms with Gasteiger partial charge in [-0.05, 0) is 30.7 Å². The van der Waals surface area contributed by atoms with E-state index in [0.717, 1.165) is 17.7 Å². The van der Waals surface area contributed by atoms with Crippen molar-refractivity contribution in [1.82, 2.24) is 0 Å². The highest BCUT2D eigenvalue weighted by atomic mass is 19.4. The van der Waals surface area contributed by atoms with E-state index in [9.17, 15) is 26.3 Å². The summed E-state index contributed by atoms with van der Waals surface area (Å²) in [5.41, 5.74) is 0.984. The molecule has 0 N–H and O–H groups in total. The lowest BCUT2D eigenvalue weighted by atomic mass is 10.1. The van der Waals surface area contributed by atoms with Gasteiger partial charge in [-0.25, -0.2) is 0 Å². The SMILES string of the molecule is COc1ccccc1C=CCc1cc(OCC(F)(F)F)ccc1OCC(F)(F)F. The average Bonchev–Trinajstić information content (AvgIpc) is 2.64. The van der Waals surface area contributed by atoms with Gasteiger partial charge in [-0.2, -0.15) is 26.3 Å². The first-order valence-corrected chi connectivity index (χ1v) is 8.39. The number of hydrogen-bond acceptors (Lipinski definition) is 3. The minimum atomic E-state index is -4.55. The first kappa shape index (κ1) is 22.4. The molecule has 0 radical (unpaired) electrons. The number of allylic oxidation sites excluding steroid dienone is 1. The van der Waals surface area contributed by atoms with Crippen molar-refractivity contribution in [2.75, 3.05) is 20.3 Å². The molecule has 0 aliphatic rings. The molecule has 2 aromatic rings. The molecule has 0 amide bonds. The molecule has 0 saturated heterocycles. The maximum Gasteiger partial charge on any atom is 0.422 e. The van der Waals surface area contributed by atoms with Gasteiger partial charge >= 0.3 is 12.4 Å². The van der Waals surface area contributed by atoms with Crippen LogP contribution in [-0.2, 0) is 6.42 Å². The Kier molecular flexibility index (Phi) is 7.41. The quantitative estimate of drug-likeness (QED) is 0.503. The van der Waals surface area contributed by atoms with Crippen LogP contribution < -0.4 is 14.2 Å². The van der Waals surface area contributed by atoms with E-state index in [-0.39, 0.29) is 23.5 Å². The van der Waals surface area contributed by atoms with Crippen LogP contribution in [0.4, 0.5) is 26.3 Å². The standard InChI is InChI=1S/C20H18F6O3/c1-27-17-8-3-2-5-14(17)6-4-7-15-11-16(28-12-19(21,22)23)9-10-18(15)29-13-20(24,25)26/h2-6,8-11H,7,12-13H2,1H3. The van der Waals surface area contributed by atoms with Crippen LogP contribution in [0.5, 0.6) is 17.2 Å². The Morgan fingerprint density at radius 1 is 0.828 bits per heavy atom. The lowest BCUT2D eigenvalue weighted by Gasteiger charge is -2.15. The van der Waals surface area contributed by atoms with Crippen molar-refractivity contribution in [3.63, 3.8) is 0 Å². The largest absolute Gasteiger partial charge is 0.496 e. The number of rotatable bonds is 8. The second kappa shape index (κ2) is 9.58. The minimum Gasteiger partial charge on any atom is -0.496 e. The number of methoxy groups -OCH3 is 1. The molecule has 0 aromatic heterocycles. The number of alkyl halides is 6. The van der Waals surface area contributed by atoms with Gasteiger partial charge in [0.05, 0.1) is 7.11 Å². The third kappa shape index (κ3) is 7.97. The average molecular weight is 420 g/mol. The van der Waals surface area contributed by atoms with Crippen LogP contribution in [0, 0.1) is 0 Å². The summed E-state index contributed by atoms with van der Waals surface area (Å²) in [7, 11) is 1.50. The molecular weight excluding hydrogens is 402 g/mol. The Morgan fingerprint density at radius 2 is 1.48 bits per heavy atom. The van der Waals surface area contributed by atoms with Gasteiger partial charge in [0.1, 0.15) is 17.2 Å². The molecule has 0 unspecified atom stereocenters. The summed E-state index contributed by atoms with van der Waals surface area (Å²) in [5, 5.41) is 0. The summed E-state index contributed by atoms with van der Waals surface area (Å²) in [5.74, 6) is 0.383. The van der Waals surface area contributed by atoms with E-state index < -0.39 is 25.6 Å². The Morgan fingerprint density at radius 3 is 2.14 bits per heavy atom. The fourth-order valence-electron chi connectivity index (χ4n) is 2.39. The van der Waals surface area contributed by atoms with Gasteiger partial charge in [-0.1, -0.05) is 30.4 Å². The van der Waals surface area contributed by atoms with Crippen molar-refractivity contribution in [3.8, 4) is 17.2 Å². The topological polar surface area (TPSA) is 27.7 Å². The smallest absolute Gasteiger partial charge is 0.422 e. The summed E-state index contributed by atoms with van der Waals surface area (Å²) < 4.78 is 89.0. The van der Waals surface area contributed by atoms with Crippen LogP contribution in [-0.4, -0.2) is 32.7 Å². The lowest BCUT2D eigenvalue weighted by molar-refractivity contribution is -0.154. The highest BCUT2D eigenvalue weighted by Gasteiger charge is 2.30. The van der Waals surface area contributed by atoms with Crippen LogP contribution in [0.3, 0.4) is 0 Å². The Bertz CT molecular complexity index is 828. The van der Waals surface area contributed by atoms with E-state index in [2.05, 4.69) is 4.74 Å². The van der Waals surface area contributed by atoms with Crippen molar-refractivity contribution in [1.29, 1.82) is 0 Å². The van der Waals surface area contributed by atoms with Crippen LogP contribution in [0.1, 0.15) is 11.1 Å². The van der Waals surface area contributed by atoms with Gasteiger partial charge in [0.2, 0.25) is 0 Å². The van der Waals surface area contributed by atoms with Crippen LogP contribution in [0.15, 0.2) is 48.5 Å². The molecule has 0 spiro atoms. The lowest BCUT2D eigenvalue weighted by Crippen LogP contribution is -2.20. The summed E-state index contributed by atoms with van der Waals surface area (Å²) >= 11 is 0. The predicted octanol–water partition coefficient (Wildman–Crippen LogP) is 5.83. The zero-order valence-electron chi connectivity index (χ0n) is 15.3. The summed E-state index contributed by atoms with van der Waals surface area (Å²) in [6.45, 7) is -3.02. The number of halogens is 6. The van der Waals surface area contributed by atoms with Crippen LogP contribution >= 0.6 is 0 Å². The van der Waals surface area contributed by atoms with Crippen molar-refractivity contribution in [2.45, 2.75) is 18.8 Å². The molecule has 0 aliphatic carbocycles. The number of hydrogen-bond donors (Lipinski definition) is 0. The number of benzene rings is 2. The van der Waals surface area contributed by atoms with Gasteiger partial charge in [0, 0.05) is 11.1 Å². The predicted molar refractivity (Wildman–Crippen MR) is 95.3 cm³/mol. The maximum atomic E-state index is 12.5. The van der Waals surface area contributed by atoms with Crippen molar-refractivity contribution in [3.05, 3.63) is 59.7 Å². The van der Waals surface area contributed by atoms with Crippen LogP contribution in [0.25, 0.3) is 6.08 Å². The Labute approximate surface area is 163 Å². The van der Waals surface area contributed by atoms with E-state index in [1.807, 2.05) is 0 Å². The molecule has 158 valence electrons. The first-order chi connectivity index (χ1) is 13.6. The molecule has 0 atom stereocenters. The molecule has 9 heteroatoms. The highest BCUT2D eigenvalue weighted by molar-refractivity contribution is 5.57. The van der Waals surface area contributed by atoms with Gasteiger partial charge in [0.15, 0.2) is 13.2 Å². The zero-order valence-corrected chi connectivity index (χ0v) is 15.3. The third-order valence-corrected chi connectivity index (χ3v) is 3.60. The second-order valence-corrected chi connectivity index (χ2v) is 5.93. The van der Waals surface area contributed by atoms with E-state index in [0.29, 0.717) is 5.75 Å². The molecule has 0 fully saturated rings. The molecule has 0 saturated carbocycles. The molecule has 29 heavy (non-hydrogen) atoms. The summed E-state index contributed by atoms with van der Waals surface area (Å²) in [4.78, 5) is 0. The summed E-state index contributed by atoms with van der Waals surface area (Å²) in [6.07, 6.45) is -5.64. The Hall–Kier alpha value is -2.84. The Balaban J connectivity index is 2.20. The van der Waals surface area contributed by atoms with E-state index in [1.54, 1.807) is 36.4 Å². The van der Waals surface area contributed by atoms with Gasteiger partial charge < -0.3 is 14.2 Å². The van der Waals surface area contributed by atoms with E-state index >= 15 is 0 Å². The third-order valence-electron chi connectivity index (χ3n) is 3.60. The van der Waals surface area contributed by atoms with Crippen molar-refractivity contribution < 1.29 is 40.6 Å². The summed E-state index contributed by atoms with van der Waals surface area (Å²) in [6, 6.07) is 10.6. The molecule has 0 aliphatic heterocycles. The maximum absolute atomic E-state index is 12.5. The van der Waals surface area contributed by atoms with Gasteiger partial charge in [-0.3, -0.25) is 0 Å². The van der Waals surface area contributed by atoms with Crippen LogP contribution in [0.2, 0.25) is 0 Å². The zero-order chi connectivity index (χ0) is 21.5. The fourth-order valence-corrected chi connectivity index (χ4v) is 2.39. The van der Waals surface area contributed by atoms with E-state index in [4.69, 9.17) is 9.47 Å². The number of para-hydroxylation sites is 1. The number of ether oxygens (including phenoxy) is 3. The fraction of sp³-hybridized carbons (Fsp3) is 0.300. The minimum absolute atomic E-state index is 0.0913. The van der Waals surface area contributed by atoms with Gasteiger partial charge in [0.25, 0.3) is 0 Å². The molecule has 3 nitrogen and oxygen atoms in total. The normalized spacial score (nSPS) is 12.2. The second-order valence-electron chi connectivity index (χ2n) is 5.93. The highest BCUT2D eigenvalue weighted by Crippen LogP contribution is 2.29. The van der Waals surface area contributed by atoms with E-state index in [1.165, 1.54) is 13.2 Å². The van der Waals surface area contributed by atoms with Crippen molar-refractivity contribution in [2.24, 2.45) is 0 Å². The van der Waals surface area contributed by atoms with Crippen molar-refractivity contribution >= 4 is 6.08 Å². The molecule has 2 aromatic carbocycles. The first-order valence-electron chi connectivity index (χ1n) is 8.39. The monoisotopic (exact) mass is 420 g/mol.